The molecular formula is C11H12ClN3O2. The third-order valence-corrected chi connectivity index (χ3v) is 2.66. The van der Waals surface area contributed by atoms with Gasteiger partial charge in [-0.1, -0.05) is 11.6 Å². The molecule has 0 spiro atoms. The van der Waals surface area contributed by atoms with Crippen molar-refractivity contribution in [2.75, 3.05) is 11.9 Å². The summed E-state index contributed by atoms with van der Waals surface area (Å²) in [4.78, 5) is 16.7. The predicted molar refractivity (Wildman–Crippen MR) is 64.3 cm³/mol. The van der Waals surface area contributed by atoms with Gasteiger partial charge in [0, 0.05) is 13.1 Å². The molecule has 1 aromatic rings. The van der Waals surface area contributed by atoms with Crippen molar-refractivity contribution in [2.24, 2.45) is 0 Å². The van der Waals surface area contributed by atoms with Crippen molar-refractivity contribution in [1.82, 2.24) is 4.98 Å². The van der Waals surface area contributed by atoms with E-state index in [0.29, 0.717) is 0 Å². The zero-order valence-corrected chi connectivity index (χ0v) is 10.3. The smallest absolute Gasteiger partial charge is 0.339 e. The van der Waals surface area contributed by atoms with E-state index in [0.717, 1.165) is 0 Å². The molecule has 0 saturated carbocycles. The number of hydrogen-bond donors (Lipinski definition) is 1. The first-order chi connectivity index (χ1) is 7.97. The summed E-state index contributed by atoms with van der Waals surface area (Å²) in [7, 11) is 1.69. The third kappa shape index (κ3) is 3.08. The average Bonchev–Trinajstić information content (AvgIpc) is 2.27. The molecule has 0 aromatic carbocycles. The molecule has 1 N–H and O–H groups in total. The van der Waals surface area contributed by atoms with Crippen molar-refractivity contribution in [3.05, 3.63) is 22.8 Å². The Bertz CT molecular complexity index is 470. The second kappa shape index (κ2) is 5.51. The summed E-state index contributed by atoms with van der Waals surface area (Å²) < 4.78 is 0. The normalized spacial score (nSPS) is 11.6. The van der Waals surface area contributed by atoms with E-state index in [9.17, 15) is 4.79 Å². The molecule has 0 saturated heterocycles. The molecule has 0 aliphatic heterocycles. The highest BCUT2D eigenvalue weighted by Crippen LogP contribution is 2.22. The minimum atomic E-state index is -1.07. The van der Waals surface area contributed by atoms with E-state index in [4.69, 9.17) is 22.0 Å². The summed E-state index contributed by atoms with van der Waals surface area (Å²) in [5, 5.41) is 17.9. The summed E-state index contributed by atoms with van der Waals surface area (Å²) in [6.07, 6.45) is 0.282. The maximum absolute atomic E-state index is 11.0. The van der Waals surface area contributed by atoms with Gasteiger partial charge < -0.3 is 10.0 Å². The van der Waals surface area contributed by atoms with Crippen LogP contribution in [0.25, 0.3) is 0 Å². The average molecular weight is 254 g/mol. The zero-order chi connectivity index (χ0) is 13.0. The molecule has 1 rings (SSSR count). The van der Waals surface area contributed by atoms with Crippen LogP contribution in [0.2, 0.25) is 5.15 Å². The van der Waals surface area contributed by atoms with E-state index in [1.165, 1.54) is 12.1 Å². The Labute approximate surface area is 104 Å². The number of rotatable bonds is 4. The van der Waals surface area contributed by atoms with Crippen molar-refractivity contribution < 1.29 is 9.90 Å². The van der Waals surface area contributed by atoms with Crippen molar-refractivity contribution >= 4 is 23.4 Å². The van der Waals surface area contributed by atoms with Gasteiger partial charge in [0.05, 0.1) is 12.5 Å². The fourth-order valence-electron chi connectivity index (χ4n) is 1.34. The van der Waals surface area contributed by atoms with Gasteiger partial charge in [0.2, 0.25) is 0 Å². The highest BCUT2D eigenvalue weighted by atomic mass is 35.5. The van der Waals surface area contributed by atoms with Crippen LogP contribution >= 0.6 is 11.6 Å². The Morgan fingerprint density at radius 3 is 2.88 bits per heavy atom. The maximum atomic E-state index is 11.0. The first kappa shape index (κ1) is 13.3. The fraction of sp³-hybridized carbons (Fsp3) is 0.364. The minimum Gasteiger partial charge on any atom is -0.478 e. The van der Waals surface area contributed by atoms with Crippen LogP contribution in [0.15, 0.2) is 12.1 Å². The Morgan fingerprint density at radius 2 is 2.35 bits per heavy atom. The molecule has 0 aliphatic rings. The Kier molecular flexibility index (Phi) is 4.30. The van der Waals surface area contributed by atoms with Crippen LogP contribution < -0.4 is 4.90 Å². The zero-order valence-electron chi connectivity index (χ0n) is 9.51. The standard InChI is InChI=1S/C11H12ClN3O2/c1-7(5-6-13)15(2)10-8(11(16)17)3-4-9(12)14-10/h3-4,7H,5H2,1-2H3,(H,16,17). The van der Waals surface area contributed by atoms with Gasteiger partial charge in [-0.2, -0.15) is 5.26 Å². The number of aromatic nitrogens is 1. The largest absolute Gasteiger partial charge is 0.478 e. The lowest BCUT2D eigenvalue weighted by molar-refractivity contribution is 0.0697. The van der Waals surface area contributed by atoms with Gasteiger partial charge in [-0.15, -0.1) is 0 Å². The number of carbonyl (C=O) groups is 1. The van der Waals surface area contributed by atoms with E-state index >= 15 is 0 Å². The first-order valence-corrected chi connectivity index (χ1v) is 5.34. The molecule has 0 radical (unpaired) electrons. The topological polar surface area (TPSA) is 77.2 Å². The molecule has 5 nitrogen and oxygen atoms in total. The molecule has 1 aromatic heterocycles. The quantitative estimate of drug-likeness (QED) is 0.832. The Morgan fingerprint density at radius 1 is 1.71 bits per heavy atom. The monoisotopic (exact) mass is 253 g/mol. The molecule has 0 bridgehead atoms. The SMILES string of the molecule is CC(CC#N)N(C)c1nc(Cl)ccc1C(=O)O. The summed E-state index contributed by atoms with van der Waals surface area (Å²) in [5.74, 6) is -0.798. The van der Waals surface area contributed by atoms with Gasteiger partial charge in [0.25, 0.3) is 0 Å². The van der Waals surface area contributed by atoms with Crippen LogP contribution in [-0.2, 0) is 0 Å². The molecular weight excluding hydrogens is 242 g/mol. The number of nitriles is 1. The maximum Gasteiger partial charge on any atom is 0.339 e. The number of anilines is 1. The van der Waals surface area contributed by atoms with Crippen LogP contribution in [0.4, 0.5) is 5.82 Å². The van der Waals surface area contributed by atoms with Gasteiger partial charge in [0.1, 0.15) is 16.5 Å². The highest BCUT2D eigenvalue weighted by Gasteiger charge is 2.19. The van der Waals surface area contributed by atoms with Crippen molar-refractivity contribution in [3.8, 4) is 6.07 Å². The lowest BCUT2D eigenvalue weighted by Gasteiger charge is -2.25. The van der Waals surface area contributed by atoms with Crippen LogP contribution in [0.1, 0.15) is 23.7 Å². The molecule has 0 fully saturated rings. The van der Waals surface area contributed by atoms with Gasteiger partial charge >= 0.3 is 5.97 Å². The fourth-order valence-corrected chi connectivity index (χ4v) is 1.48. The lowest BCUT2D eigenvalue weighted by atomic mass is 10.2. The van der Waals surface area contributed by atoms with Crippen molar-refractivity contribution in [1.29, 1.82) is 5.26 Å². The number of carboxylic acid groups (broad SMARTS) is 1. The van der Waals surface area contributed by atoms with E-state index < -0.39 is 5.97 Å². The minimum absolute atomic E-state index is 0.0710. The predicted octanol–water partition coefficient (Wildman–Crippen LogP) is 2.17. The van der Waals surface area contributed by atoms with Gasteiger partial charge in [-0.3, -0.25) is 0 Å². The summed E-state index contributed by atoms with van der Waals surface area (Å²) in [6, 6.07) is 4.73. The summed E-state index contributed by atoms with van der Waals surface area (Å²) in [6.45, 7) is 1.82. The lowest BCUT2D eigenvalue weighted by Crippen LogP contribution is -2.30. The summed E-state index contributed by atoms with van der Waals surface area (Å²) in [5.41, 5.74) is 0.0710. The molecule has 1 unspecified atom stereocenters. The number of halogens is 1. The van der Waals surface area contributed by atoms with E-state index in [1.54, 1.807) is 11.9 Å². The number of pyridine rings is 1. The Hall–Kier alpha value is -1.80. The van der Waals surface area contributed by atoms with Gasteiger partial charge in [-0.05, 0) is 19.1 Å². The first-order valence-electron chi connectivity index (χ1n) is 4.97. The van der Waals surface area contributed by atoms with Crippen LogP contribution in [0.3, 0.4) is 0 Å². The Balaban J connectivity index is 3.15. The second-order valence-electron chi connectivity index (χ2n) is 3.63. The van der Waals surface area contributed by atoms with Crippen molar-refractivity contribution in [2.45, 2.75) is 19.4 Å². The van der Waals surface area contributed by atoms with Crippen molar-refractivity contribution in [3.63, 3.8) is 0 Å². The molecule has 1 heterocycles. The second-order valence-corrected chi connectivity index (χ2v) is 4.02. The molecule has 0 amide bonds. The van der Waals surface area contributed by atoms with Crippen LogP contribution in [0.5, 0.6) is 0 Å². The van der Waals surface area contributed by atoms with Gasteiger partial charge in [-0.25, -0.2) is 9.78 Å². The molecule has 0 aliphatic carbocycles. The highest BCUT2D eigenvalue weighted by molar-refractivity contribution is 6.29. The number of aromatic carboxylic acids is 1. The van der Waals surface area contributed by atoms with Crippen LogP contribution in [-0.4, -0.2) is 29.1 Å². The number of carboxylic acids is 1. The molecule has 6 heteroatoms. The van der Waals surface area contributed by atoms with E-state index in [1.807, 2.05) is 13.0 Å². The van der Waals surface area contributed by atoms with E-state index in [-0.39, 0.29) is 29.0 Å². The number of nitrogens with zero attached hydrogens (tertiary/aromatic N) is 3. The molecule has 1 atom stereocenters. The third-order valence-electron chi connectivity index (χ3n) is 2.45. The number of hydrogen-bond acceptors (Lipinski definition) is 4. The summed E-state index contributed by atoms with van der Waals surface area (Å²) >= 11 is 5.75. The van der Waals surface area contributed by atoms with Crippen LogP contribution in [0, 0.1) is 11.3 Å². The molecule has 17 heavy (non-hydrogen) atoms. The molecule has 90 valence electrons. The van der Waals surface area contributed by atoms with E-state index in [2.05, 4.69) is 4.98 Å². The van der Waals surface area contributed by atoms with Gasteiger partial charge in [0.15, 0.2) is 0 Å².